The number of benzene rings is 2. The lowest BCUT2D eigenvalue weighted by molar-refractivity contribution is -0.149. The summed E-state index contributed by atoms with van der Waals surface area (Å²) in [6.07, 6.45) is 1.92. The summed E-state index contributed by atoms with van der Waals surface area (Å²) < 4.78 is 10.3. The fourth-order valence-corrected chi connectivity index (χ4v) is 2.81. The molecular weight excluding hydrogens is 362 g/mol. The number of amides is 1. The van der Waals surface area contributed by atoms with Crippen molar-refractivity contribution in [1.29, 1.82) is 0 Å². The van der Waals surface area contributed by atoms with Crippen molar-refractivity contribution in [2.24, 2.45) is 0 Å². The SMILES string of the molecule is CSc1ccccc1NC(=O)COC(=O)COc1ccc(Cl)cc1C. The van der Waals surface area contributed by atoms with Crippen LogP contribution in [0.5, 0.6) is 5.75 Å². The van der Waals surface area contributed by atoms with E-state index in [1.807, 2.05) is 31.4 Å². The van der Waals surface area contributed by atoms with E-state index in [4.69, 9.17) is 21.1 Å². The molecule has 0 aliphatic heterocycles. The van der Waals surface area contributed by atoms with Crippen molar-refractivity contribution >= 4 is 40.9 Å². The minimum absolute atomic E-state index is 0.281. The van der Waals surface area contributed by atoms with Gasteiger partial charge in [0.1, 0.15) is 5.75 Å². The highest BCUT2D eigenvalue weighted by atomic mass is 35.5. The van der Waals surface area contributed by atoms with Crippen LogP contribution in [-0.2, 0) is 14.3 Å². The molecule has 0 aliphatic carbocycles. The van der Waals surface area contributed by atoms with Crippen LogP contribution in [0, 0.1) is 6.92 Å². The molecule has 0 aliphatic rings. The molecule has 0 aromatic heterocycles. The number of para-hydroxylation sites is 1. The Morgan fingerprint density at radius 1 is 1.16 bits per heavy atom. The minimum atomic E-state index is -0.623. The van der Waals surface area contributed by atoms with Crippen molar-refractivity contribution in [2.75, 3.05) is 24.8 Å². The molecule has 0 saturated carbocycles. The zero-order chi connectivity index (χ0) is 18.2. The molecule has 132 valence electrons. The molecule has 0 saturated heterocycles. The lowest BCUT2D eigenvalue weighted by Gasteiger charge is -2.11. The van der Waals surface area contributed by atoms with Gasteiger partial charge in [-0.05, 0) is 49.1 Å². The van der Waals surface area contributed by atoms with Gasteiger partial charge in [0.25, 0.3) is 5.91 Å². The van der Waals surface area contributed by atoms with Gasteiger partial charge in [0.2, 0.25) is 0 Å². The average Bonchev–Trinajstić information content (AvgIpc) is 2.59. The van der Waals surface area contributed by atoms with Gasteiger partial charge in [0.05, 0.1) is 5.69 Å². The van der Waals surface area contributed by atoms with Crippen molar-refractivity contribution in [2.45, 2.75) is 11.8 Å². The van der Waals surface area contributed by atoms with Gasteiger partial charge in [-0.25, -0.2) is 4.79 Å². The molecule has 0 bridgehead atoms. The second kappa shape index (κ2) is 9.34. The van der Waals surface area contributed by atoms with Gasteiger partial charge >= 0.3 is 5.97 Å². The van der Waals surface area contributed by atoms with Crippen LogP contribution in [0.15, 0.2) is 47.4 Å². The molecule has 0 radical (unpaired) electrons. The summed E-state index contributed by atoms with van der Waals surface area (Å²) in [5.41, 5.74) is 1.50. The topological polar surface area (TPSA) is 64.6 Å². The molecule has 7 heteroatoms. The van der Waals surface area contributed by atoms with E-state index in [2.05, 4.69) is 5.32 Å². The molecule has 2 rings (SSSR count). The van der Waals surface area contributed by atoms with E-state index < -0.39 is 11.9 Å². The van der Waals surface area contributed by atoms with E-state index in [-0.39, 0.29) is 13.2 Å². The fraction of sp³-hybridized carbons (Fsp3) is 0.222. The number of aryl methyl sites for hydroxylation is 1. The number of ether oxygens (including phenoxy) is 2. The quantitative estimate of drug-likeness (QED) is 0.583. The van der Waals surface area contributed by atoms with Gasteiger partial charge in [0.15, 0.2) is 13.2 Å². The number of rotatable bonds is 7. The Morgan fingerprint density at radius 3 is 2.64 bits per heavy atom. The van der Waals surface area contributed by atoms with Crippen molar-refractivity contribution in [3.8, 4) is 5.75 Å². The summed E-state index contributed by atoms with van der Waals surface area (Å²) >= 11 is 7.38. The third-order valence-electron chi connectivity index (χ3n) is 3.23. The van der Waals surface area contributed by atoms with E-state index in [0.717, 1.165) is 10.5 Å². The van der Waals surface area contributed by atoms with E-state index in [1.165, 1.54) is 11.8 Å². The van der Waals surface area contributed by atoms with Crippen LogP contribution in [0.2, 0.25) is 5.02 Å². The second-order valence-electron chi connectivity index (χ2n) is 5.11. The van der Waals surface area contributed by atoms with Gasteiger partial charge in [-0.15, -0.1) is 11.8 Å². The predicted molar refractivity (Wildman–Crippen MR) is 99.5 cm³/mol. The third-order valence-corrected chi connectivity index (χ3v) is 4.26. The Bertz CT molecular complexity index is 766. The second-order valence-corrected chi connectivity index (χ2v) is 6.39. The summed E-state index contributed by atoms with van der Waals surface area (Å²) in [6.45, 7) is 1.17. The molecule has 1 N–H and O–H groups in total. The van der Waals surface area contributed by atoms with Crippen LogP contribution in [0.1, 0.15) is 5.56 Å². The van der Waals surface area contributed by atoms with Crippen molar-refractivity contribution < 1.29 is 19.1 Å². The Hall–Kier alpha value is -2.18. The molecule has 0 atom stereocenters. The number of carbonyl (C=O) groups excluding carboxylic acids is 2. The number of thioether (sulfide) groups is 1. The van der Waals surface area contributed by atoms with Crippen molar-refractivity contribution in [3.05, 3.63) is 53.1 Å². The van der Waals surface area contributed by atoms with E-state index in [9.17, 15) is 9.59 Å². The van der Waals surface area contributed by atoms with Gasteiger partial charge in [-0.2, -0.15) is 0 Å². The molecular formula is C18H18ClNO4S. The van der Waals surface area contributed by atoms with Crippen molar-refractivity contribution in [1.82, 2.24) is 0 Å². The molecule has 25 heavy (non-hydrogen) atoms. The number of esters is 1. The molecule has 2 aromatic rings. The van der Waals surface area contributed by atoms with Crippen LogP contribution in [0.4, 0.5) is 5.69 Å². The highest BCUT2D eigenvalue weighted by Gasteiger charge is 2.11. The Morgan fingerprint density at radius 2 is 1.92 bits per heavy atom. The summed E-state index contributed by atoms with van der Waals surface area (Å²) in [6, 6.07) is 12.5. The predicted octanol–water partition coefficient (Wildman–Crippen LogP) is 3.93. The number of nitrogens with one attached hydrogen (secondary N) is 1. The number of anilines is 1. The Labute approximate surface area is 155 Å². The lowest BCUT2D eigenvalue weighted by atomic mass is 10.2. The van der Waals surface area contributed by atoms with Gasteiger partial charge in [-0.3, -0.25) is 4.79 Å². The maximum Gasteiger partial charge on any atom is 0.344 e. The maximum absolute atomic E-state index is 11.9. The first kappa shape index (κ1) is 19.1. The number of carbonyl (C=O) groups is 2. The number of hydrogen-bond acceptors (Lipinski definition) is 5. The summed E-state index contributed by atoms with van der Waals surface area (Å²) in [5, 5.41) is 3.31. The van der Waals surface area contributed by atoms with Crippen LogP contribution in [-0.4, -0.2) is 31.3 Å². The minimum Gasteiger partial charge on any atom is -0.482 e. The highest BCUT2D eigenvalue weighted by molar-refractivity contribution is 7.98. The first-order valence-electron chi connectivity index (χ1n) is 7.47. The number of halogens is 1. The molecule has 0 spiro atoms. The lowest BCUT2D eigenvalue weighted by Crippen LogP contribution is -2.24. The van der Waals surface area contributed by atoms with E-state index in [1.54, 1.807) is 24.3 Å². The van der Waals surface area contributed by atoms with Gasteiger partial charge in [-0.1, -0.05) is 23.7 Å². The fourth-order valence-electron chi connectivity index (χ4n) is 2.03. The molecule has 5 nitrogen and oxygen atoms in total. The molecule has 0 heterocycles. The van der Waals surface area contributed by atoms with Gasteiger partial charge in [0, 0.05) is 9.92 Å². The normalized spacial score (nSPS) is 10.2. The maximum atomic E-state index is 11.9. The van der Waals surface area contributed by atoms with E-state index in [0.29, 0.717) is 16.5 Å². The molecule has 0 fully saturated rings. The molecule has 2 aromatic carbocycles. The zero-order valence-corrected chi connectivity index (χ0v) is 15.4. The highest BCUT2D eigenvalue weighted by Crippen LogP contribution is 2.24. The van der Waals surface area contributed by atoms with Gasteiger partial charge < -0.3 is 14.8 Å². The average molecular weight is 380 g/mol. The largest absolute Gasteiger partial charge is 0.482 e. The Kier molecular flexibility index (Phi) is 7.16. The third kappa shape index (κ3) is 5.99. The first-order chi connectivity index (χ1) is 12.0. The summed E-state index contributed by atoms with van der Waals surface area (Å²) in [7, 11) is 0. The number of hydrogen-bond donors (Lipinski definition) is 1. The first-order valence-corrected chi connectivity index (χ1v) is 9.07. The summed E-state index contributed by atoms with van der Waals surface area (Å²) in [5.74, 6) is -0.486. The van der Waals surface area contributed by atoms with Crippen molar-refractivity contribution in [3.63, 3.8) is 0 Å². The molecule has 1 amide bonds. The van der Waals surface area contributed by atoms with Crippen LogP contribution in [0.25, 0.3) is 0 Å². The van der Waals surface area contributed by atoms with Crippen LogP contribution in [0.3, 0.4) is 0 Å². The van der Waals surface area contributed by atoms with Crippen LogP contribution < -0.4 is 10.1 Å². The summed E-state index contributed by atoms with van der Waals surface area (Å²) in [4.78, 5) is 24.5. The molecule has 0 unspecified atom stereocenters. The Balaban J connectivity index is 1.78. The standard InChI is InChI=1S/C18H18ClNO4S/c1-12-9-13(19)7-8-15(12)23-11-18(22)24-10-17(21)20-14-5-3-4-6-16(14)25-2/h3-9H,10-11H2,1-2H3,(H,20,21). The van der Waals surface area contributed by atoms with Crippen LogP contribution >= 0.6 is 23.4 Å². The zero-order valence-electron chi connectivity index (χ0n) is 13.9. The van der Waals surface area contributed by atoms with E-state index >= 15 is 0 Å². The monoisotopic (exact) mass is 379 g/mol. The smallest absolute Gasteiger partial charge is 0.344 e.